The van der Waals surface area contributed by atoms with Crippen molar-refractivity contribution in [3.8, 4) is 11.6 Å². The van der Waals surface area contributed by atoms with E-state index in [-0.39, 0.29) is 12.5 Å². The van der Waals surface area contributed by atoms with Crippen molar-refractivity contribution in [3.63, 3.8) is 0 Å². The van der Waals surface area contributed by atoms with Crippen molar-refractivity contribution in [2.45, 2.75) is 58.8 Å². The van der Waals surface area contributed by atoms with Crippen molar-refractivity contribution in [1.82, 2.24) is 20.1 Å². The van der Waals surface area contributed by atoms with Crippen LogP contribution in [0.1, 0.15) is 61.7 Å². The smallest absolute Gasteiger partial charge is 0.420 e. The Kier molecular flexibility index (Phi) is 7.59. The Morgan fingerprint density at radius 2 is 1.83 bits per heavy atom. The molecule has 1 unspecified atom stereocenters. The van der Waals surface area contributed by atoms with E-state index in [2.05, 4.69) is 28.9 Å². The van der Waals surface area contributed by atoms with Gasteiger partial charge < -0.3 is 15.2 Å². The van der Waals surface area contributed by atoms with Crippen molar-refractivity contribution in [2.24, 2.45) is 0 Å². The molecule has 35 heavy (non-hydrogen) atoms. The fraction of sp³-hybridized carbons (Fsp3) is 0.385. The average Bonchev–Trinajstić information content (AvgIpc) is 3.13. The predicted molar refractivity (Wildman–Crippen MR) is 129 cm³/mol. The molecule has 0 spiro atoms. The zero-order valence-electron chi connectivity index (χ0n) is 20.6. The number of halogens is 3. The van der Waals surface area contributed by atoms with E-state index in [0.29, 0.717) is 17.0 Å². The number of pyridine rings is 1. The summed E-state index contributed by atoms with van der Waals surface area (Å²) in [5.41, 5.74) is 1.87. The molecule has 1 atom stereocenters. The Morgan fingerprint density at radius 3 is 2.37 bits per heavy atom. The Labute approximate surface area is 203 Å². The first-order valence-electron chi connectivity index (χ1n) is 11.3. The second-order valence-electron chi connectivity index (χ2n) is 9.29. The first-order chi connectivity index (χ1) is 16.4. The van der Waals surface area contributed by atoms with Gasteiger partial charge in [0.2, 0.25) is 5.88 Å². The number of rotatable bonds is 8. The topological polar surface area (TPSA) is 72.2 Å². The second-order valence-corrected chi connectivity index (χ2v) is 9.29. The maximum absolute atomic E-state index is 13.5. The minimum absolute atomic E-state index is 0.154. The summed E-state index contributed by atoms with van der Waals surface area (Å²) in [4.78, 5) is 3.80. The first kappa shape index (κ1) is 26.3. The molecule has 0 bridgehead atoms. The predicted octanol–water partition coefficient (Wildman–Crippen LogP) is 6.01. The zero-order valence-corrected chi connectivity index (χ0v) is 20.6. The quantitative estimate of drug-likeness (QED) is 0.406. The molecule has 3 rings (SSSR count). The number of nitrogens with zero attached hydrogens (tertiary/aromatic N) is 3. The van der Waals surface area contributed by atoms with Crippen LogP contribution < -0.4 is 10.1 Å². The number of nitrogens with one attached hydrogen (secondary N) is 1. The highest BCUT2D eigenvalue weighted by Gasteiger charge is 2.36. The first-order valence-corrected chi connectivity index (χ1v) is 11.3. The minimum Gasteiger partial charge on any atom is -0.437 e. The highest BCUT2D eigenvalue weighted by molar-refractivity contribution is 5.64. The van der Waals surface area contributed by atoms with Gasteiger partial charge in [0.05, 0.1) is 30.1 Å². The van der Waals surface area contributed by atoms with Crippen LogP contribution in [0.5, 0.6) is 11.6 Å². The van der Waals surface area contributed by atoms with Crippen LogP contribution in [0.25, 0.3) is 5.70 Å². The number of hydrogen-bond acceptors (Lipinski definition) is 5. The van der Waals surface area contributed by atoms with E-state index in [4.69, 9.17) is 4.74 Å². The van der Waals surface area contributed by atoms with Crippen LogP contribution in [-0.4, -0.2) is 26.5 Å². The summed E-state index contributed by atoms with van der Waals surface area (Å²) >= 11 is 0. The van der Waals surface area contributed by atoms with Gasteiger partial charge in [-0.2, -0.15) is 18.3 Å². The van der Waals surface area contributed by atoms with Crippen LogP contribution in [-0.2, 0) is 18.1 Å². The minimum atomic E-state index is -4.60. The van der Waals surface area contributed by atoms with Crippen molar-refractivity contribution in [1.29, 1.82) is 0 Å². The normalized spacial score (nSPS) is 12.9. The third kappa shape index (κ3) is 5.85. The van der Waals surface area contributed by atoms with E-state index < -0.39 is 29.1 Å². The summed E-state index contributed by atoms with van der Waals surface area (Å²) in [5.74, 6) is -0.260. The van der Waals surface area contributed by atoms with E-state index in [1.165, 1.54) is 10.2 Å². The summed E-state index contributed by atoms with van der Waals surface area (Å²) in [5, 5.41) is 17.8. The molecule has 3 aromatic rings. The maximum atomic E-state index is 13.5. The van der Waals surface area contributed by atoms with Gasteiger partial charge in [-0.15, -0.1) is 0 Å². The van der Waals surface area contributed by atoms with Gasteiger partial charge >= 0.3 is 6.18 Å². The van der Waals surface area contributed by atoms with Gasteiger partial charge in [-0.25, -0.2) is 4.68 Å². The van der Waals surface area contributed by atoms with E-state index in [0.717, 1.165) is 30.4 Å². The molecular formula is C26H31F3N4O2. The van der Waals surface area contributed by atoms with Crippen LogP contribution in [0.4, 0.5) is 13.2 Å². The van der Waals surface area contributed by atoms with Crippen molar-refractivity contribution in [3.05, 3.63) is 77.3 Å². The molecular weight excluding hydrogens is 457 g/mol. The van der Waals surface area contributed by atoms with Gasteiger partial charge in [-0.3, -0.25) is 4.98 Å². The Bertz CT molecular complexity index is 1180. The molecule has 2 aromatic heterocycles. The monoisotopic (exact) mass is 488 g/mol. The lowest BCUT2D eigenvalue weighted by atomic mass is 10.0. The number of alkyl halides is 3. The molecule has 0 saturated carbocycles. The molecule has 0 amide bonds. The highest BCUT2D eigenvalue weighted by Crippen LogP contribution is 2.40. The van der Waals surface area contributed by atoms with E-state index in [9.17, 15) is 18.3 Å². The van der Waals surface area contributed by atoms with Gasteiger partial charge in [-0.1, -0.05) is 37.8 Å². The number of benzene rings is 1. The summed E-state index contributed by atoms with van der Waals surface area (Å²) in [7, 11) is 0. The van der Waals surface area contributed by atoms with Gasteiger partial charge in [0.1, 0.15) is 11.3 Å². The van der Waals surface area contributed by atoms with Crippen LogP contribution in [0.3, 0.4) is 0 Å². The molecule has 0 aliphatic heterocycles. The van der Waals surface area contributed by atoms with Crippen molar-refractivity contribution < 1.29 is 23.0 Å². The molecule has 1 aromatic carbocycles. The molecule has 6 nitrogen and oxygen atoms in total. The van der Waals surface area contributed by atoms with Gasteiger partial charge in [0.25, 0.3) is 0 Å². The molecule has 188 valence electrons. The van der Waals surface area contributed by atoms with Crippen LogP contribution >= 0.6 is 0 Å². The fourth-order valence-corrected chi connectivity index (χ4v) is 3.64. The molecule has 2 heterocycles. The van der Waals surface area contributed by atoms with Crippen LogP contribution in [0.2, 0.25) is 0 Å². The maximum Gasteiger partial charge on any atom is 0.420 e. The molecule has 0 aliphatic carbocycles. The van der Waals surface area contributed by atoms with Gasteiger partial charge in [-0.05, 0) is 51.3 Å². The van der Waals surface area contributed by atoms with E-state index >= 15 is 0 Å². The number of aliphatic hydroxyl groups excluding tert-OH is 1. The van der Waals surface area contributed by atoms with E-state index in [1.807, 2.05) is 45.0 Å². The molecule has 0 saturated heterocycles. The molecule has 0 aliphatic rings. The lowest BCUT2D eigenvalue weighted by Gasteiger charge is -2.23. The van der Waals surface area contributed by atoms with Crippen molar-refractivity contribution in [2.75, 3.05) is 6.61 Å². The lowest BCUT2D eigenvalue weighted by molar-refractivity contribution is -0.138. The summed E-state index contributed by atoms with van der Waals surface area (Å²) in [6.45, 7) is 13.3. The Balaban J connectivity index is 1.98. The molecule has 0 radical (unpaired) electrons. The van der Waals surface area contributed by atoms with E-state index in [1.54, 1.807) is 6.92 Å². The number of aromatic nitrogens is 3. The SMILES string of the molecule is C=C(NC(CO)c1ccc(CC)cc1)c1nn(C(C)(C)C)c(Oc2cnccc2C(F)(F)F)c1C. The largest absolute Gasteiger partial charge is 0.437 e. The highest BCUT2D eigenvalue weighted by atomic mass is 19.4. The standard InChI is InChI=1S/C26H31F3N4O2/c1-7-18-8-10-19(11-9-18)21(15-34)31-17(3)23-16(2)24(33(32-23)25(4,5)6)35-22-14-30-13-12-20(22)26(27,28)29/h8-14,21,31,34H,3,7,15H2,1-2,4-6H3. The summed E-state index contributed by atoms with van der Waals surface area (Å²) < 4.78 is 47.9. The zero-order chi connectivity index (χ0) is 26.0. The number of aryl methyl sites for hydroxylation is 1. The van der Waals surface area contributed by atoms with Gasteiger partial charge in [0, 0.05) is 11.8 Å². The Hall–Kier alpha value is -3.33. The van der Waals surface area contributed by atoms with Gasteiger partial charge in [0.15, 0.2) is 5.75 Å². The molecule has 9 heteroatoms. The Morgan fingerprint density at radius 1 is 1.17 bits per heavy atom. The second kappa shape index (κ2) is 10.1. The average molecular weight is 489 g/mol. The van der Waals surface area contributed by atoms with Crippen molar-refractivity contribution >= 4 is 5.70 Å². The third-order valence-corrected chi connectivity index (χ3v) is 5.61. The van der Waals surface area contributed by atoms with Crippen LogP contribution in [0.15, 0.2) is 49.3 Å². The molecule has 2 N–H and O–H groups in total. The lowest BCUT2D eigenvalue weighted by Crippen LogP contribution is -2.25. The fourth-order valence-electron chi connectivity index (χ4n) is 3.64. The summed E-state index contributed by atoms with van der Waals surface area (Å²) in [6.07, 6.45) is -1.59. The number of hydrogen-bond donors (Lipinski definition) is 2. The number of ether oxygens (including phenoxy) is 1. The van der Waals surface area contributed by atoms with Crippen LogP contribution in [0, 0.1) is 6.92 Å². The third-order valence-electron chi connectivity index (χ3n) is 5.61. The molecule has 0 fully saturated rings. The summed E-state index contributed by atoms with van der Waals surface area (Å²) in [6, 6.07) is 8.32. The number of aliphatic hydroxyl groups is 1.